The first-order valence-electron chi connectivity index (χ1n) is 8.96. The molecule has 162 valence electrons. The number of aromatic amines is 1. The maximum atomic E-state index is 12.3. The number of sulfonamides is 1. The largest absolute Gasteiger partial charge is 0.462 e. The van der Waals surface area contributed by atoms with Gasteiger partial charge in [0.1, 0.15) is 5.69 Å². The zero-order valence-corrected chi connectivity index (χ0v) is 17.6. The van der Waals surface area contributed by atoms with Crippen LogP contribution in [0, 0.1) is 13.8 Å². The number of carbonyl (C=O) groups is 3. The minimum Gasteiger partial charge on any atom is -0.462 e. The summed E-state index contributed by atoms with van der Waals surface area (Å²) in [4.78, 5) is 38.9. The van der Waals surface area contributed by atoms with Crippen LogP contribution in [-0.2, 0) is 30.8 Å². The molecule has 1 aromatic heterocycles. The van der Waals surface area contributed by atoms with Gasteiger partial charge in [-0.05, 0) is 44.0 Å². The molecular weight excluding hydrogens is 414 g/mol. The van der Waals surface area contributed by atoms with Crippen molar-refractivity contribution in [1.82, 2.24) is 10.3 Å². The SMILES string of the molecule is CCOC(=O)c1c(C)[nH]c(C(=O)OCC(=O)NCc2ccc(S(N)(=O)=O)cc2)c1C. The highest BCUT2D eigenvalue weighted by molar-refractivity contribution is 7.89. The van der Waals surface area contributed by atoms with Crippen molar-refractivity contribution in [2.24, 2.45) is 5.14 Å². The van der Waals surface area contributed by atoms with Gasteiger partial charge >= 0.3 is 11.9 Å². The summed E-state index contributed by atoms with van der Waals surface area (Å²) in [6, 6.07) is 5.67. The highest BCUT2D eigenvalue weighted by Gasteiger charge is 2.24. The topological polar surface area (TPSA) is 158 Å². The number of H-pyrrole nitrogens is 1. The maximum Gasteiger partial charge on any atom is 0.355 e. The average Bonchev–Trinajstić information content (AvgIpc) is 2.98. The Morgan fingerprint density at radius 3 is 2.27 bits per heavy atom. The second-order valence-electron chi connectivity index (χ2n) is 6.39. The number of benzene rings is 1. The van der Waals surface area contributed by atoms with E-state index in [1.165, 1.54) is 24.3 Å². The predicted molar refractivity (Wildman–Crippen MR) is 106 cm³/mol. The van der Waals surface area contributed by atoms with Gasteiger partial charge in [-0.15, -0.1) is 0 Å². The molecule has 1 aromatic carbocycles. The highest BCUT2D eigenvalue weighted by Crippen LogP contribution is 2.19. The maximum absolute atomic E-state index is 12.3. The van der Waals surface area contributed by atoms with Crippen LogP contribution in [0.15, 0.2) is 29.2 Å². The predicted octanol–water partition coefficient (Wildman–Crippen LogP) is 0.929. The smallest absolute Gasteiger partial charge is 0.355 e. The Morgan fingerprint density at radius 2 is 1.70 bits per heavy atom. The second kappa shape index (κ2) is 9.55. The Morgan fingerprint density at radius 1 is 1.07 bits per heavy atom. The van der Waals surface area contributed by atoms with E-state index in [0.717, 1.165) is 0 Å². The van der Waals surface area contributed by atoms with E-state index in [0.29, 0.717) is 16.8 Å². The number of aromatic nitrogens is 1. The number of carbonyl (C=O) groups excluding carboxylic acids is 3. The fraction of sp³-hybridized carbons (Fsp3) is 0.316. The van der Waals surface area contributed by atoms with E-state index >= 15 is 0 Å². The quantitative estimate of drug-likeness (QED) is 0.518. The number of nitrogens with two attached hydrogens (primary N) is 1. The number of aryl methyl sites for hydroxylation is 1. The third-order valence-corrected chi connectivity index (χ3v) is 5.13. The van der Waals surface area contributed by atoms with Gasteiger partial charge in [-0.3, -0.25) is 4.79 Å². The zero-order chi connectivity index (χ0) is 22.5. The summed E-state index contributed by atoms with van der Waals surface area (Å²) in [6.07, 6.45) is 0. The van der Waals surface area contributed by atoms with Crippen LogP contribution in [0.1, 0.15) is 44.6 Å². The van der Waals surface area contributed by atoms with E-state index in [2.05, 4.69) is 10.3 Å². The van der Waals surface area contributed by atoms with Crippen molar-refractivity contribution in [2.75, 3.05) is 13.2 Å². The molecule has 0 bridgehead atoms. The molecule has 2 aromatic rings. The molecule has 11 heteroatoms. The molecule has 0 fully saturated rings. The van der Waals surface area contributed by atoms with Gasteiger partial charge in [-0.25, -0.2) is 23.1 Å². The number of hydrogen-bond acceptors (Lipinski definition) is 7. The fourth-order valence-electron chi connectivity index (χ4n) is 2.72. The van der Waals surface area contributed by atoms with Gasteiger partial charge in [0.15, 0.2) is 6.61 Å². The molecule has 0 aliphatic heterocycles. The first-order valence-corrected chi connectivity index (χ1v) is 10.5. The number of nitrogens with one attached hydrogen (secondary N) is 2. The molecular formula is C19H23N3O7S. The van der Waals surface area contributed by atoms with Crippen LogP contribution in [0.3, 0.4) is 0 Å². The van der Waals surface area contributed by atoms with Crippen molar-refractivity contribution in [1.29, 1.82) is 0 Å². The van der Waals surface area contributed by atoms with Gasteiger partial charge in [0, 0.05) is 12.2 Å². The van der Waals surface area contributed by atoms with E-state index in [9.17, 15) is 22.8 Å². The van der Waals surface area contributed by atoms with Gasteiger partial charge in [0.05, 0.1) is 17.1 Å². The summed E-state index contributed by atoms with van der Waals surface area (Å²) in [5, 5.41) is 7.57. The second-order valence-corrected chi connectivity index (χ2v) is 7.95. The number of primary sulfonamides is 1. The van der Waals surface area contributed by atoms with Crippen LogP contribution in [0.25, 0.3) is 0 Å². The van der Waals surface area contributed by atoms with Gasteiger partial charge in [-0.1, -0.05) is 12.1 Å². The highest BCUT2D eigenvalue weighted by atomic mass is 32.2. The molecule has 0 saturated heterocycles. The molecule has 0 aliphatic carbocycles. The van der Waals surface area contributed by atoms with Crippen LogP contribution in [0.4, 0.5) is 0 Å². The van der Waals surface area contributed by atoms with Gasteiger partial charge in [0.2, 0.25) is 10.0 Å². The van der Waals surface area contributed by atoms with Crippen LogP contribution in [0.5, 0.6) is 0 Å². The van der Waals surface area contributed by atoms with E-state index in [4.69, 9.17) is 14.6 Å². The van der Waals surface area contributed by atoms with E-state index in [1.807, 2.05) is 0 Å². The molecule has 1 amide bonds. The number of ether oxygens (including phenoxy) is 2. The lowest BCUT2D eigenvalue weighted by Gasteiger charge is -2.07. The van der Waals surface area contributed by atoms with E-state index < -0.39 is 34.5 Å². The van der Waals surface area contributed by atoms with Crippen LogP contribution >= 0.6 is 0 Å². The average molecular weight is 437 g/mol. The lowest BCUT2D eigenvalue weighted by molar-refractivity contribution is -0.124. The molecule has 30 heavy (non-hydrogen) atoms. The molecule has 0 unspecified atom stereocenters. The van der Waals surface area contributed by atoms with Gasteiger partial charge in [0.25, 0.3) is 5.91 Å². The van der Waals surface area contributed by atoms with Gasteiger partial charge in [-0.2, -0.15) is 0 Å². The third-order valence-electron chi connectivity index (χ3n) is 4.20. The summed E-state index contributed by atoms with van der Waals surface area (Å²) < 4.78 is 32.4. The first kappa shape index (κ1) is 23.1. The summed E-state index contributed by atoms with van der Waals surface area (Å²) in [7, 11) is -3.79. The normalized spacial score (nSPS) is 11.1. The molecule has 0 aliphatic rings. The first-order chi connectivity index (χ1) is 14.0. The summed E-state index contributed by atoms with van der Waals surface area (Å²) >= 11 is 0. The van der Waals surface area contributed by atoms with Crippen molar-refractivity contribution in [3.63, 3.8) is 0 Å². The summed E-state index contributed by atoms with van der Waals surface area (Å²) in [5.41, 5.74) is 1.81. The Labute approximate surface area is 173 Å². The van der Waals surface area contributed by atoms with Crippen molar-refractivity contribution >= 4 is 27.9 Å². The molecule has 10 nitrogen and oxygen atoms in total. The molecule has 0 saturated carbocycles. The minimum atomic E-state index is -3.79. The van der Waals surface area contributed by atoms with Crippen LogP contribution in [0.2, 0.25) is 0 Å². The van der Waals surface area contributed by atoms with Gasteiger partial charge < -0.3 is 19.8 Å². The molecule has 4 N–H and O–H groups in total. The van der Waals surface area contributed by atoms with Crippen molar-refractivity contribution in [3.05, 3.63) is 52.3 Å². The Bertz CT molecular complexity index is 1060. The van der Waals surface area contributed by atoms with Crippen molar-refractivity contribution in [2.45, 2.75) is 32.2 Å². The lowest BCUT2D eigenvalue weighted by Crippen LogP contribution is -2.28. The fourth-order valence-corrected chi connectivity index (χ4v) is 3.23. The third kappa shape index (κ3) is 5.67. The Hall–Kier alpha value is -3.18. The monoisotopic (exact) mass is 437 g/mol. The lowest BCUT2D eigenvalue weighted by atomic mass is 10.1. The van der Waals surface area contributed by atoms with Crippen LogP contribution < -0.4 is 10.5 Å². The number of hydrogen-bond donors (Lipinski definition) is 3. The molecule has 0 spiro atoms. The van der Waals surface area contributed by atoms with E-state index in [1.54, 1.807) is 20.8 Å². The molecule has 2 rings (SSSR count). The summed E-state index contributed by atoms with van der Waals surface area (Å²) in [5.74, 6) is -1.88. The minimum absolute atomic E-state index is 0.0368. The van der Waals surface area contributed by atoms with Crippen LogP contribution in [-0.4, -0.2) is 44.5 Å². The number of esters is 2. The summed E-state index contributed by atoms with van der Waals surface area (Å²) in [6.45, 7) is 4.67. The Kier molecular flexibility index (Phi) is 7.35. The molecule has 0 atom stereocenters. The molecule has 1 heterocycles. The zero-order valence-electron chi connectivity index (χ0n) is 16.8. The number of rotatable bonds is 8. The van der Waals surface area contributed by atoms with Crippen molar-refractivity contribution < 1.29 is 32.3 Å². The molecule has 0 radical (unpaired) electrons. The van der Waals surface area contributed by atoms with E-state index in [-0.39, 0.29) is 29.3 Å². The number of amides is 1. The van der Waals surface area contributed by atoms with Crippen molar-refractivity contribution in [3.8, 4) is 0 Å². The Balaban J connectivity index is 1.91. The standard InChI is InChI=1S/C19H23N3O7S/c1-4-28-18(24)16-11(2)17(22-12(16)3)19(25)29-10-15(23)21-9-13-5-7-14(8-6-13)30(20,26)27/h5-8,22H,4,9-10H2,1-3H3,(H,21,23)(H2,20,26,27).